The van der Waals surface area contributed by atoms with Crippen molar-refractivity contribution in [2.45, 2.75) is 6.43 Å². The number of rotatable bonds is 3. The first kappa shape index (κ1) is 12.8. The van der Waals surface area contributed by atoms with Gasteiger partial charge in [-0.05, 0) is 12.1 Å². The Morgan fingerprint density at radius 1 is 1.53 bits per heavy atom. The molecule has 0 bridgehead atoms. The minimum atomic E-state index is -2.91. The second kappa shape index (κ2) is 5.16. The first-order valence-corrected chi connectivity index (χ1v) is 4.44. The molecule has 0 saturated heterocycles. The summed E-state index contributed by atoms with van der Waals surface area (Å²) >= 11 is 0. The summed E-state index contributed by atoms with van der Waals surface area (Å²) < 4.78 is 29.6. The Morgan fingerprint density at radius 3 is 2.59 bits per heavy atom. The van der Waals surface area contributed by atoms with E-state index in [0.29, 0.717) is 0 Å². The smallest absolute Gasteiger partial charge is 0.339 e. The van der Waals surface area contributed by atoms with Gasteiger partial charge in [-0.25, -0.2) is 13.6 Å². The second-order valence-corrected chi connectivity index (χ2v) is 3.05. The van der Waals surface area contributed by atoms with E-state index in [1.54, 1.807) is 6.07 Å². The number of halogens is 2. The van der Waals surface area contributed by atoms with Crippen molar-refractivity contribution in [1.29, 1.82) is 5.26 Å². The molecule has 0 atom stereocenters. The van der Waals surface area contributed by atoms with Crippen LogP contribution in [0.25, 0.3) is 0 Å². The van der Waals surface area contributed by atoms with Crippen molar-refractivity contribution in [1.82, 2.24) is 0 Å². The molecule has 17 heavy (non-hydrogen) atoms. The first-order chi connectivity index (χ1) is 8.04. The Balaban J connectivity index is 3.51. The molecule has 0 amide bonds. The fraction of sp³-hybridized carbons (Fsp3) is 0.182. The third-order valence-electron chi connectivity index (χ3n) is 2.11. The van der Waals surface area contributed by atoms with Gasteiger partial charge in [-0.3, -0.25) is 4.79 Å². The summed E-state index contributed by atoms with van der Waals surface area (Å²) in [6, 6.07) is 3.40. The molecule has 0 aromatic heterocycles. The van der Waals surface area contributed by atoms with E-state index >= 15 is 0 Å². The average Bonchev–Trinajstić information content (AvgIpc) is 2.35. The highest BCUT2D eigenvalue weighted by atomic mass is 19.3. The molecule has 6 heteroatoms. The SMILES string of the molecule is COC(=O)c1cc(C(F)F)c(C=O)cc1C#N. The Hall–Kier alpha value is -2.29. The summed E-state index contributed by atoms with van der Waals surface area (Å²) in [5.41, 5.74) is -1.37. The lowest BCUT2D eigenvalue weighted by Crippen LogP contribution is -2.07. The van der Waals surface area contributed by atoms with Crippen molar-refractivity contribution in [3.05, 3.63) is 34.4 Å². The molecule has 0 radical (unpaired) electrons. The Kier molecular flexibility index (Phi) is 3.88. The van der Waals surface area contributed by atoms with Gasteiger partial charge in [0.15, 0.2) is 6.29 Å². The van der Waals surface area contributed by atoms with Crippen molar-refractivity contribution in [2.24, 2.45) is 0 Å². The third-order valence-corrected chi connectivity index (χ3v) is 2.11. The second-order valence-electron chi connectivity index (χ2n) is 3.05. The quantitative estimate of drug-likeness (QED) is 0.598. The maximum atomic E-state index is 12.6. The summed E-state index contributed by atoms with van der Waals surface area (Å²) in [4.78, 5) is 21.9. The Bertz CT molecular complexity index is 506. The highest BCUT2D eigenvalue weighted by Gasteiger charge is 2.20. The number of carbonyl (C=O) groups excluding carboxylic acids is 2. The molecule has 0 aliphatic heterocycles. The summed E-state index contributed by atoms with van der Waals surface area (Å²) in [5, 5.41) is 8.75. The number of hydrogen-bond donors (Lipinski definition) is 0. The van der Waals surface area contributed by atoms with Gasteiger partial charge in [0.1, 0.15) is 6.07 Å². The third kappa shape index (κ3) is 2.45. The normalized spacial score (nSPS) is 9.82. The van der Waals surface area contributed by atoms with E-state index in [0.717, 1.165) is 19.2 Å². The molecule has 0 aliphatic rings. The number of nitrogens with zero attached hydrogens (tertiary/aromatic N) is 1. The standard InChI is InChI=1S/C11H7F2NO3/c1-17-11(16)9-3-8(10(12)13)7(5-15)2-6(9)4-14/h2-3,5,10H,1H3. The van der Waals surface area contributed by atoms with Gasteiger partial charge in [0.25, 0.3) is 6.43 Å². The molecular formula is C11H7F2NO3. The fourth-order valence-electron chi connectivity index (χ4n) is 1.30. The zero-order chi connectivity index (χ0) is 13.0. The minimum Gasteiger partial charge on any atom is -0.465 e. The molecule has 0 spiro atoms. The summed E-state index contributed by atoms with van der Waals surface area (Å²) in [7, 11) is 1.07. The average molecular weight is 239 g/mol. The van der Waals surface area contributed by atoms with E-state index in [1.807, 2.05) is 0 Å². The van der Waals surface area contributed by atoms with Crippen LogP contribution in [0, 0.1) is 11.3 Å². The number of nitriles is 1. The largest absolute Gasteiger partial charge is 0.465 e. The molecule has 0 fully saturated rings. The predicted octanol–water partition coefficient (Wildman–Crippen LogP) is 2.09. The fourth-order valence-corrected chi connectivity index (χ4v) is 1.30. The lowest BCUT2D eigenvalue weighted by molar-refractivity contribution is 0.0599. The summed E-state index contributed by atoms with van der Waals surface area (Å²) in [6.07, 6.45) is -2.70. The maximum Gasteiger partial charge on any atom is 0.339 e. The molecule has 0 aliphatic carbocycles. The van der Waals surface area contributed by atoms with E-state index in [-0.39, 0.29) is 23.0 Å². The highest BCUT2D eigenvalue weighted by molar-refractivity contribution is 5.94. The van der Waals surface area contributed by atoms with Gasteiger partial charge in [-0.2, -0.15) is 5.26 Å². The molecule has 1 aromatic rings. The molecule has 0 N–H and O–H groups in total. The highest BCUT2D eigenvalue weighted by Crippen LogP contribution is 2.25. The van der Waals surface area contributed by atoms with E-state index < -0.39 is 18.0 Å². The molecule has 88 valence electrons. The molecule has 0 heterocycles. The van der Waals surface area contributed by atoms with Gasteiger partial charge in [-0.1, -0.05) is 0 Å². The summed E-state index contributed by atoms with van der Waals surface area (Å²) in [5.74, 6) is -0.902. The zero-order valence-electron chi connectivity index (χ0n) is 8.74. The Labute approximate surface area is 95.4 Å². The van der Waals surface area contributed by atoms with Crippen LogP contribution < -0.4 is 0 Å². The maximum absolute atomic E-state index is 12.6. The van der Waals surface area contributed by atoms with Crippen LogP contribution in [0.15, 0.2) is 12.1 Å². The molecule has 1 aromatic carbocycles. The van der Waals surface area contributed by atoms with Crippen molar-refractivity contribution < 1.29 is 23.1 Å². The van der Waals surface area contributed by atoms with Crippen LogP contribution in [0.4, 0.5) is 8.78 Å². The topological polar surface area (TPSA) is 67.2 Å². The van der Waals surface area contributed by atoms with Gasteiger partial charge >= 0.3 is 5.97 Å². The number of ether oxygens (including phenoxy) is 1. The number of benzene rings is 1. The Morgan fingerprint density at radius 2 is 2.18 bits per heavy atom. The monoisotopic (exact) mass is 239 g/mol. The molecule has 1 rings (SSSR count). The van der Waals surface area contributed by atoms with Crippen LogP contribution >= 0.6 is 0 Å². The van der Waals surface area contributed by atoms with Gasteiger partial charge in [0, 0.05) is 11.1 Å². The van der Waals surface area contributed by atoms with Crippen molar-refractivity contribution >= 4 is 12.3 Å². The predicted molar refractivity (Wildman–Crippen MR) is 52.8 cm³/mol. The van der Waals surface area contributed by atoms with E-state index in [1.165, 1.54) is 0 Å². The number of esters is 1. The molecule has 0 saturated carbocycles. The van der Waals surface area contributed by atoms with Crippen LogP contribution in [0.2, 0.25) is 0 Å². The van der Waals surface area contributed by atoms with E-state index in [4.69, 9.17) is 5.26 Å². The molecular weight excluding hydrogens is 232 g/mol. The van der Waals surface area contributed by atoms with Crippen molar-refractivity contribution in [2.75, 3.05) is 7.11 Å². The number of alkyl halides is 2. The zero-order valence-corrected chi connectivity index (χ0v) is 8.74. The van der Waals surface area contributed by atoms with Crippen LogP contribution in [0.1, 0.15) is 38.3 Å². The van der Waals surface area contributed by atoms with Crippen LogP contribution in [0.5, 0.6) is 0 Å². The minimum absolute atomic E-state index is 0.177. The lowest BCUT2D eigenvalue weighted by atomic mass is 9.99. The number of carbonyl (C=O) groups is 2. The van der Waals surface area contributed by atoms with Crippen LogP contribution in [-0.2, 0) is 4.74 Å². The first-order valence-electron chi connectivity index (χ1n) is 4.44. The lowest BCUT2D eigenvalue weighted by Gasteiger charge is -2.08. The van der Waals surface area contributed by atoms with E-state index in [9.17, 15) is 18.4 Å². The van der Waals surface area contributed by atoms with Gasteiger partial charge < -0.3 is 4.74 Å². The molecule has 0 unspecified atom stereocenters. The summed E-state index contributed by atoms with van der Waals surface area (Å²) in [6.45, 7) is 0. The van der Waals surface area contributed by atoms with Gasteiger partial charge in [0.05, 0.1) is 18.2 Å². The number of hydrogen-bond acceptors (Lipinski definition) is 4. The number of aldehydes is 1. The van der Waals surface area contributed by atoms with Crippen LogP contribution in [-0.4, -0.2) is 19.4 Å². The van der Waals surface area contributed by atoms with Crippen LogP contribution in [0.3, 0.4) is 0 Å². The van der Waals surface area contributed by atoms with E-state index in [2.05, 4.69) is 4.74 Å². The number of methoxy groups -OCH3 is 1. The van der Waals surface area contributed by atoms with Gasteiger partial charge in [-0.15, -0.1) is 0 Å². The van der Waals surface area contributed by atoms with Crippen molar-refractivity contribution in [3.63, 3.8) is 0 Å². The van der Waals surface area contributed by atoms with Gasteiger partial charge in [0.2, 0.25) is 0 Å². The van der Waals surface area contributed by atoms with Crippen molar-refractivity contribution in [3.8, 4) is 6.07 Å². The molecule has 4 nitrogen and oxygen atoms in total.